The molecule has 0 bridgehead atoms. The van der Waals surface area contributed by atoms with Crippen LogP contribution in [-0.4, -0.2) is 60.8 Å². The van der Waals surface area contributed by atoms with Crippen molar-refractivity contribution in [1.82, 2.24) is 19.6 Å². The Bertz CT molecular complexity index is 1210. The molecule has 0 amide bonds. The lowest BCUT2D eigenvalue weighted by molar-refractivity contribution is 0.238. The van der Waals surface area contributed by atoms with E-state index in [0.29, 0.717) is 24.7 Å². The first-order valence-electron chi connectivity index (χ1n) is 12.6. The third-order valence-electron chi connectivity index (χ3n) is 5.57. The molecular formula is C26H39N7O3S. The zero-order valence-electron chi connectivity index (χ0n) is 22.4. The quantitative estimate of drug-likeness (QED) is 0.365. The minimum atomic E-state index is -3.65. The number of hydrogen-bond donors (Lipinski definition) is 3. The Balaban J connectivity index is 1.67. The summed E-state index contributed by atoms with van der Waals surface area (Å²) in [6.07, 6.45) is 5.87. The van der Waals surface area contributed by atoms with Gasteiger partial charge in [-0.1, -0.05) is 6.92 Å². The molecule has 2 aromatic rings. The molecule has 0 radical (unpaired) electrons. The van der Waals surface area contributed by atoms with E-state index in [-0.39, 0.29) is 16.4 Å². The Morgan fingerprint density at radius 3 is 2.51 bits per heavy atom. The Morgan fingerprint density at radius 1 is 1.22 bits per heavy atom. The van der Waals surface area contributed by atoms with E-state index >= 15 is 0 Å². The second-order valence-electron chi connectivity index (χ2n) is 10.1. The van der Waals surface area contributed by atoms with Gasteiger partial charge >= 0.3 is 0 Å². The largest absolute Gasteiger partial charge is 0.492 e. The summed E-state index contributed by atoms with van der Waals surface area (Å²) in [6, 6.07) is 7.58. The third-order valence-corrected chi connectivity index (χ3v) is 7.55. The fourth-order valence-electron chi connectivity index (χ4n) is 3.86. The van der Waals surface area contributed by atoms with Crippen LogP contribution in [0.3, 0.4) is 0 Å². The molecule has 0 saturated carbocycles. The van der Waals surface area contributed by atoms with Gasteiger partial charge in [0, 0.05) is 23.5 Å². The van der Waals surface area contributed by atoms with E-state index in [1.807, 2.05) is 24.3 Å². The fourth-order valence-corrected chi connectivity index (χ4v) is 5.51. The Morgan fingerprint density at radius 2 is 1.89 bits per heavy atom. The van der Waals surface area contributed by atoms with E-state index in [9.17, 15) is 8.42 Å². The molecule has 11 heteroatoms. The second-order valence-corrected chi connectivity index (χ2v) is 11.8. The van der Waals surface area contributed by atoms with Crippen molar-refractivity contribution in [3.8, 4) is 5.75 Å². The van der Waals surface area contributed by atoms with Gasteiger partial charge in [-0.2, -0.15) is 4.98 Å². The molecule has 0 spiro atoms. The number of allylic oxidation sites excluding steroid dienone is 2. The number of nitrogens with two attached hydrogens (primary N) is 1. The van der Waals surface area contributed by atoms with Crippen LogP contribution in [0.4, 0.5) is 23.1 Å². The van der Waals surface area contributed by atoms with Crippen molar-refractivity contribution in [3.05, 3.63) is 41.4 Å². The van der Waals surface area contributed by atoms with Crippen molar-refractivity contribution in [2.75, 3.05) is 37.3 Å². The molecule has 202 valence electrons. The molecule has 1 aliphatic heterocycles. The highest BCUT2D eigenvalue weighted by molar-refractivity contribution is 7.93. The van der Waals surface area contributed by atoms with Gasteiger partial charge in [-0.3, -0.25) is 4.90 Å². The summed E-state index contributed by atoms with van der Waals surface area (Å²) in [4.78, 5) is 15.7. The van der Waals surface area contributed by atoms with E-state index in [1.54, 1.807) is 34.6 Å². The SMILES string of the molecule is CC/C(=C\C(C)=Nc1nc(Nc2ccc(OCCN3CCCC3)cc2)ncc1N)S(=O)(=O)NC(C)(C)C. The van der Waals surface area contributed by atoms with Crippen molar-refractivity contribution >= 4 is 38.9 Å². The number of benzene rings is 1. The number of aromatic nitrogens is 2. The summed E-state index contributed by atoms with van der Waals surface area (Å²) in [5.74, 6) is 1.38. The molecule has 0 unspecified atom stereocenters. The lowest BCUT2D eigenvalue weighted by atomic mass is 10.1. The van der Waals surface area contributed by atoms with Crippen LogP contribution in [0.5, 0.6) is 5.75 Å². The minimum absolute atomic E-state index is 0.234. The van der Waals surface area contributed by atoms with Crippen LogP contribution in [0.25, 0.3) is 0 Å². The van der Waals surface area contributed by atoms with Crippen molar-refractivity contribution < 1.29 is 13.2 Å². The van der Waals surface area contributed by atoms with Crippen molar-refractivity contribution in [3.63, 3.8) is 0 Å². The van der Waals surface area contributed by atoms with Crippen LogP contribution in [0.2, 0.25) is 0 Å². The smallest absolute Gasteiger partial charge is 0.237 e. The molecule has 1 aliphatic rings. The van der Waals surface area contributed by atoms with E-state index in [0.717, 1.165) is 31.1 Å². The van der Waals surface area contributed by atoms with Crippen LogP contribution < -0.4 is 20.5 Å². The lowest BCUT2D eigenvalue weighted by Gasteiger charge is -2.21. The molecule has 1 fully saturated rings. The van der Waals surface area contributed by atoms with Gasteiger partial charge in [0.1, 0.15) is 12.4 Å². The van der Waals surface area contributed by atoms with Gasteiger partial charge in [0.15, 0.2) is 5.82 Å². The molecule has 0 aliphatic carbocycles. The summed E-state index contributed by atoms with van der Waals surface area (Å²) in [7, 11) is -3.65. The Hall–Kier alpha value is -3.02. The molecule has 10 nitrogen and oxygen atoms in total. The highest BCUT2D eigenvalue weighted by atomic mass is 32.2. The standard InChI is InChI=1S/C26H39N7O3S/c1-6-22(37(34,35)32-26(3,4)5)17-19(2)29-24-23(27)18-28-25(31-24)30-20-9-11-21(12-10-20)36-16-15-33-13-7-8-14-33/h9-12,17-18,32H,6-8,13-16,27H2,1-5H3,(H,28,30,31)/b22-17+,29-19?. The number of nitrogen functional groups attached to an aromatic ring is 1. The maximum absolute atomic E-state index is 12.7. The topological polar surface area (TPSA) is 135 Å². The summed E-state index contributed by atoms with van der Waals surface area (Å²) >= 11 is 0. The number of aliphatic imine (C=N–C) groups is 1. The van der Waals surface area contributed by atoms with Crippen molar-refractivity contribution in [1.29, 1.82) is 0 Å². The minimum Gasteiger partial charge on any atom is -0.492 e. The molecule has 1 saturated heterocycles. The first kappa shape index (κ1) is 28.5. The zero-order chi connectivity index (χ0) is 27.1. The monoisotopic (exact) mass is 529 g/mol. The first-order chi connectivity index (χ1) is 17.4. The Kier molecular flexibility index (Phi) is 9.63. The average Bonchev–Trinajstić information content (AvgIpc) is 3.33. The number of nitrogens with zero attached hydrogens (tertiary/aromatic N) is 4. The van der Waals surface area contributed by atoms with Gasteiger partial charge in [0.05, 0.1) is 16.8 Å². The summed E-state index contributed by atoms with van der Waals surface area (Å²) < 4.78 is 34.0. The number of likely N-dealkylation sites (tertiary alicyclic amines) is 1. The maximum Gasteiger partial charge on any atom is 0.237 e. The first-order valence-corrected chi connectivity index (χ1v) is 14.1. The predicted octanol–water partition coefficient (Wildman–Crippen LogP) is 4.38. The van der Waals surface area contributed by atoms with E-state index in [1.165, 1.54) is 25.1 Å². The summed E-state index contributed by atoms with van der Waals surface area (Å²) in [5.41, 5.74) is 6.99. The molecule has 0 atom stereocenters. The van der Waals surface area contributed by atoms with E-state index in [4.69, 9.17) is 10.5 Å². The molecule has 1 aromatic carbocycles. The van der Waals surface area contributed by atoms with Crippen molar-refractivity contribution in [2.45, 2.75) is 59.4 Å². The maximum atomic E-state index is 12.7. The number of hydrogen-bond acceptors (Lipinski definition) is 9. The van der Waals surface area contributed by atoms with Crippen LogP contribution in [0.1, 0.15) is 53.9 Å². The summed E-state index contributed by atoms with van der Waals surface area (Å²) in [6.45, 7) is 12.8. The Labute approximate surface area is 220 Å². The predicted molar refractivity (Wildman–Crippen MR) is 150 cm³/mol. The average molecular weight is 530 g/mol. The molecule has 3 rings (SSSR count). The van der Waals surface area contributed by atoms with E-state index in [2.05, 4.69) is 29.9 Å². The zero-order valence-corrected chi connectivity index (χ0v) is 23.2. The van der Waals surface area contributed by atoms with Crippen LogP contribution >= 0.6 is 0 Å². The molecule has 4 N–H and O–H groups in total. The number of anilines is 3. The van der Waals surface area contributed by atoms with Crippen molar-refractivity contribution in [2.24, 2.45) is 4.99 Å². The molecule has 2 heterocycles. The highest BCUT2D eigenvalue weighted by Crippen LogP contribution is 2.24. The highest BCUT2D eigenvalue weighted by Gasteiger charge is 2.23. The molecule has 37 heavy (non-hydrogen) atoms. The van der Waals surface area contributed by atoms with Gasteiger partial charge in [-0.25, -0.2) is 23.1 Å². The van der Waals surface area contributed by atoms with Gasteiger partial charge < -0.3 is 15.8 Å². The van der Waals surface area contributed by atoms with Gasteiger partial charge in [0.2, 0.25) is 16.0 Å². The number of ether oxygens (including phenoxy) is 1. The fraction of sp³-hybridized carbons (Fsp3) is 0.500. The van der Waals surface area contributed by atoms with Crippen LogP contribution in [0, 0.1) is 0 Å². The van der Waals surface area contributed by atoms with Gasteiger partial charge in [0.25, 0.3) is 0 Å². The number of nitrogens with one attached hydrogen (secondary N) is 2. The number of rotatable bonds is 11. The normalized spacial score (nSPS) is 15.7. The second kappa shape index (κ2) is 12.5. The third kappa shape index (κ3) is 9.10. The van der Waals surface area contributed by atoms with Gasteiger partial charge in [-0.05, 0) is 90.4 Å². The van der Waals surface area contributed by atoms with Crippen LogP contribution in [-0.2, 0) is 10.0 Å². The number of sulfonamides is 1. The summed E-state index contributed by atoms with van der Waals surface area (Å²) in [5, 5.41) is 3.14. The van der Waals surface area contributed by atoms with Gasteiger partial charge in [-0.15, -0.1) is 0 Å². The lowest BCUT2D eigenvalue weighted by Crippen LogP contribution is -2.41. The van der Waals surface area contributed by atoms with E-state index < -0.39 is 15.6 Å². The molecular weight excluding hydrogens is 490 g/mol. The molecule has 1 aromatic heterocycles. The van der Waals surface area contributed by atoms with Crippen LogP contribution in [0.15, 0.2) is 46.4 Å².